The van der Waals surface area contributed by atoms with Crippen LogP contribution in [0.5, 0.6) is 0 Å². The molecule has 0 aliphatic rings. The number of benzene rings is 1. The number of rotatable bonds is 6. The highest BCUT2D eigenvalue weighted by Crippen LogP contribution is 2.23. The van der Waals surface area contributed by atoms with E-state index in [0.29, 0.717) is 31.7 Å². The molecule has 0 radical (unpaired) electrons. The average molecular weight is 284 g/mol. The maximum atomic E-state index is 11.3. The Bertz CT molecular complexity index is 679. The van der Waals surface area contributed by atoms with Crippen LogP contribution >= 0.6 is 0 Å². The van der Waals surface area contributed by atoms with Gasteiger partial charge in [-0.15, -0.1) is 10.2 Å². The lowest BCUT2D eigenvalue weighted by molar-refractivity contribution is -0.143. The summed E-state index contributed by atoms with van der Waals surface area (Å²) in [5.41, 5.74) is 1.64. The number of ether oxygens (including phenoxy) is 1. The SMILES string of the molecule is CCOC(=O)CCCNc1c(C#N)nnc2ccccc12. The molecule has 6 nitrogen and oxygen atoms in total. The van der Waals surface area contributed by atoms with Gasteiger partial charge in [-0.25, -0.2) is 0 Å². The van der Waals surface area contributed by atoms with Crippen LogP contribution in [0.25, 0.3) is 10.9 Å². The van der Waals surface area contributed by atoms with Crippen LogP contribution in [0.4, 0.5) is 5.69 Å². The van der Waals surface area contributed by atoms with Gasteiger partial charge < -0.3 is 10.1 Å². The number of hydrogen-bond acceptors (Lipinski definition) is 6. The summed E-state index contributed by atoms with van der Waals surface area (Å²) in [5, 5.41) is 21.1. The number of nitrogens with zero attached hydrogens (tertiary/aromatic N) is 3. The fourth-order valence-electron chi connectivity index (χ4n) is 1.99. The Morgan fingerprint density at radius 3 is 2.95 bits per heavy atom. The number of aromatic nitrogens is 2. The van der Waals surface area contributed by atoms with E-state index in [-0.39, 0.29) is 11.7 Å². The first-order chi connectivity index (χ1) is 10.3. The minimum absolute atomic E-state index is 0.211. The van der Waals surface area contributed by atoms with Crippen molar-refractivity contribution in [2.24, 2.45) is 0 Å². The number of nitrogens with one attached hydrogen (secondary N) is 1. The predicted molar refractivity (Wildman–Crippen MR) is 78.6 cm³/mol. The molecule has 1 heterocycles. The van der Waals surface area contributed by atoms with Gasteiger partial charge in [0, 0.05) is 18.4 Å². The highest BCUT2D eigenvalue weighted by Gasteiger charge is 2.10. The molecule has 0 amide bonds. The zero-order valence-electron chi connectivity index (χ0n) is 11.8. The maximum absolute atomic E-state index is 11.3. The van der Waals surface area contributed by atoms with Crippen molar-refractivity contribution in [1.29, 1.82) is 5.26 Å². The van der Waals surface area contributed by atoms with E-state index >= 15 is 0 Å². The Kier molecular flexibility index (Phi) is 5.04. The number of hydrogen-bond donors (Lipinski definition) is 1. The lowest BCUT2D eigenvalue weighted by Crippen LogP contribution is -2.10. The fourth-order valence-corrected chi connectivity index (χ4v) is 1.99. The van der Waals surface area contributed by atoms with Crippen molar-refractivity contribution in [1.82, 2.24) is 10.2 Å². The molecule has 0 aliphatic heterocycles. The summed E-state index contributed by atoms with van der Waals surface area (Å²) in [4.78, 5) is 11.3. The van der Waals surface area contributed by atoms with Gasteiger partial charge in [0.2, 0.25) is 0 Å². The monoisotopic (exact) mass is 284 g/mol. The highest BCUT2D eigenvalue weighted by molar-refractivity contribution is 5.92. The molecule has 0 bridgehead atoms. The summed E-state index contributed by atoms with van der Waals surface area (Å²) in [7, 11) is 0. The van der Waals surface area contributed by atoms with Gasteiger partial charge in [-0.3, -0.25) is 4.79 Å². The van der Waals surface area contributed by atoms with Gasteiger partial charge >= 0.3 is 5.97 Å². The minimum atomic E-state index is -0.211. The fraction of sp³-hybridized carbons (Fsp3) is 0.333. The number of fused-ring (bicyclic) bond motifs is 1. The normalized spacial score (nSPS) is 10.1. The van der Waals surface area contributed by atoms with Crippen molar-refractivity contribution in [2.75, 3.05) is 18.5 Å². The molecule has 2 rings (SSSR count). The second kappa shape index (κ2) is 7.20. The zero-order chi connectivity index (χ0) is 15.1. The van der Waals surface area contributed by atoms with Crippen LogP contribution in [0.1, 0.15) is 25.5 Å². The van der Waals surface area contributed by atoms with Crippen molar-refractivity contribution in [2.45, 2.75) is 19.8 Å². The molecular weight excluding hydrogens is 268 g/mol. The first-order valence-corrected chi connectivity index (χ1v) is 6.81. The van der Waals surface area contributed by atoms with Gasteiger partial charge in [0.05, 0.1) is 17.8 Å². The Morgan fingerprint density at radius 2 is 2.19 bits per heavy atom. The van der Waals surface area contributed by atoms with Crippen molar-refractivity contribution >= 4 is 22.6 Å². The molecule has 1 N–H and O–H groups in total. The molecule has 0 aliphatic carbocycles. The molecule has 0 atom stereocenters. The molecule has 2 aromatic rings. The van der Waals surface area contributed by atoms with Gasteiger partial charge in [0.25, 0.3) is 0 Å². The molecule has 0 fully saturated rings. The van der Waals surface area contributed by atoms with E-state index in [2.05, 4.69) is 15.5 Å². The summed E-state index contributed by atoms with van der Waals surface area (Å²) < 4.78 is 4.87. The molecule has 1 aromatic heterocycles. The summed E-state index contributed by atoms with van der Waals surface area (Å²) in [5.74, 6) is -0.211. The van der Waals surface area contributed by atoms with Gasteiger partial charge in [0.1, 0.15) is 6.07 Å². The van der Waals surface area contributed by atoms with Crippen LogP contribution in [-0.2, 0) is 9.53 Å². The second-order valence-corrected chi connectivity index (χ2v) is 4.39. The van der Waals surface area contributed by atoms with Crippen LogP contribution in [-0.4, -0.2) is 29.3 Å². The van der Waals surface area contributed by atoms with E-state index in [1.807, 2.05) is 30.3 Å². The summed E-state index contributed by atoms with van der Waals surface area (Å²) in [6, 6.07) is 9.51. The summed E-state index contributed by atoms with van der Waals surface area (Å²) in [6.07, 6.45) is 0.972. The Labute approximate surface area is 122 Å². The van der Waals surface area contributed by atoms with Gasteiger partial charge in [-0.1, -0.05) is 18.2 Å². The summed E-state index contributed by atoms with van der Waals surface area (Å²) >= 11 is 0. The molecule has 0 saturated heterocycles. The van der Waals surface area contributed by atoms with E-state index < -0.39 is 0 Å². The summed E-state index contributed by atoms with van der Waals surface area (Å²) in [6.45, 7) is 2.73. The lowest BCUT2D eigenvalue weighted by atomic mass is 10.1. The van der Waals surface area contributed by atoms with E-state index in [9.17, 15) is 4.79 Å². The average Bonchev–Trinajstić information content (AvgIpc) is 2.51. The minimum Gasteiger partial charge on any atom is -0.466 e. The highest BCUT2D eigenvalue weighted by atomic mass is 16.5. The standard InChI is InChI=1S/C15H16N4O2/c1-2-21-14(20)8-5-9-17-15-11-6-3-4-7-12(11)18-19-13(15)10-16/h3-4,6-7H,2,5,8-9H2,1H3,(H,17,18). The third kappa shape index (κ3) is 3.66. The van der Waals surface area contributed by atoms with Crippen LogP contribution < -0.4 is 5.32 Å². The first kappa shape index (κ1) is 14.7. The van der Waals surface area contributed by atoms with E-state index in [4.69, 9.17) is 10.00 Å². The Balaban J connectivity index is 2.07. The molecular formula is C15H16N4O2. The van der Waals surface area contributed by atoms with Crippen LogP contribution in [0, 0.1) is 11.3 Å². The van der Waals surface area contributed by atoms with Crippen LogP contribution in [0.15, 0.2) is 24.3 Å². The molecule has 21 heavy (non-hydrogen) atoms. The first-order valence-electron chi connectivity index (χ1n) is 6.81. The number of carbonyl (C=O) groups is 1. The van der Waals surface area contributed by atoms with Crippen LogP contribution in [0.2, 0.25) is 0 Å². The van der Waals surface area contributed by atoms with Crippen molar-refractivity contribution in [3.8, 4) is 6.07 Å². The topological polar surface area (TPSA) is 87.9 Å². The quantitative estimate of drug-likeness (QED) is 0.646. The van der Waals surface area contributed by atoms with E-state index in [0.717, 1.165) is 10.9 Å². The van der Waals surface area contributed by atoms with Crippen molar-refractivity contribution in [3.05, 3.63) is 30.0 Å². The van der Waals surface area contributed by atoms with Crippen LogP contribution in [0.3, 0.4) is 0 Å². The largest absolute Gasteiger partial charge is 0.466 e. The van der Waals surface area contributed by atoms with Gasteiger partial charge in [-0.2, -0.15) is 5.26 Å². The van der Waals surface area contributed by atoms with Crippen molar-refractivity contribution < 1.29 is 9.53 Å². The number of anilines is 1. The second-order valence-electron chi connectivity index (χ2n) is 4.39. The molecule has 1 aromatic carbocycles. The molecule has 0 saturated carbocycles. The molecule has 0 spiro atoms. The van der Waals surface area contributed by atoms with Gasteiger partial charge in [-0.05, 0) is 19.4 Å². The van der Waals surface area contributed by atoms with E-state index in [1.54, 1.807) is 6.92 Å². The van der Waals surface area contributed by atoms with E-state index in [1.165, 1.54) is 0 Å². The smallest absolute Gasteiger partial charge is 0.305 e. The molecule has 0 unspecified atom stereocenters. The lowest BCUT2D eigenvalue weighted by Gasteiger charge is -2.10. The third-order valence-corrected chi connectivity index (χ3v) is 2.94. The number of esters is 1. The Morgan fingerprint density at radius 1 is 1.38 bits per heavy atom. The maximum Gasteiger partial charge on any atom is 0.305 e. The van der Waals surface area contributed by atoms with Crippen molar-refractivity contribution in [3.63, 3.8) is 0 Å². The zero-order valence-corrected chi connectivity index (χ0v) is 11.8. The third-order valence-electron chi connectivity index (χ3n) is 2.94. The van der Waals surface area contributed by atoms with Gasteiger partial charge in [0.15, 0.2) is 5.69 Å². The Hall–Kier alpha value is -2.68. The number of nitriles is 1. The molecule has 6 heteroatoms. The molecule has 108 valence electrons. The predicted octanol–water partition coefficient (Wildman–Crippen LogP) is 2.26. The number of carbonyl (C=O) groups excluding carboxylic acids is 1.